The van der Waals surface area contributed by atoms with E-state index in [0.717, 1.165) is 11.1 Å². The van der Waals surface area contributed by atoms with Crippen LogP contribution < -0.4 is 14.8 Å². The van der Waals surface area contributed by atoms with E-state index >= 15 is 0 Å². The zero-order valence-corrected chi connectivity index (χ0v) is 14.5. The molecule has 2 N–H and O–H groups in total. The molecule has 0 spiro atoms. The summed E-state index contributed by atoms with van der Waals surface area (Å²) in [6.45, 7) is 2.01. The van der Waals surface area contributed by atoms with E-state index < -0.39 is 5.97 Å². The van der Waals surface area contributed by atoms with Crippen molar-refractivity contribution in [2.24, 2.45) is 0 Å². The number of hydrogen-bond acceptors (Lipinski definition) is 4. The van der Waals surface area contributed by atoms with Crippen LogP contribution in [-0.2, 0) is 11.2 Å². The van der Waals surface area contributed by atoms with Crippen molar-refractivity contribution in [3.8, 4) is 11.5 Å². The van der Waals surface area contributed by atoms with Crippen LogP contribution in [0.25, 0.3) is 0 Å². The summed E-state index contributed by atoms with van der Waals surface area (Å²) in [5.74, 6) is -0.813. The van der Waals surface area contributed by atoms with Gasteiger partial charge in [-0.05, 0) is 31.0 Å². The lowest BCUT2D eigenvalue weighted by Gasteiger charge is -2.15. The molecular weight excluding hydrogens is 322 g/mol. The Kier molecular flexibility index (Phi) is 6.00. The summed E-state index contributed by atoms with van der Waals surface area (Å²) in [7, 11) is 2.84. The first-order valence-corrected chi connectivity index (χ1v) is 7.79. The molecule has 2 aromatic carbocycles. The second-order valence-electron chi connectivity index (χ2n) is 5.60. The Morgan fingerprint density at radius 2 is 1.76 bits per heavy atom. The number of carbonyl (C=O) groups is 2. The molecule has 0 saturated heterocycles. The van der Waals surface area contributed by atoms with E-state index in [4.69, 9.17) is 9.47 Å². The number of carboxylic acids is 1. The normalized spacial score (nSPS) is 10.2. The van der Waals surface area contributed by atoms with Gasteiger partial charge in [0, 0.05) is 6.42 Å². The highest BCUT2D eigenvalue weighted by Crippen LogP contribution is 2.36. The number of methoxy groups -OCH3 is 2. The predicted molar refractivity (Wildman–Crippen MR) is 94.6 cm³/mol. The number of ether oxygens (including phenoxy) is 2. The number of aryl methyl sites for hydroxylation is 2. The molecule has 0 atom stereocenters. The van der Waals surface area contributed by atoms with Crippen molar-refractivity contribution in [3.05, 3.63) is 53.1 Å². The van der Waals surface area contributed by atoms with E-state index in [2.05, 4.69) is 5.32 Å². The molecule has 0 aliphatic heterocycles. The van der Waals surface area contributed by atoms with Crippen molar-refractivity contribution < 1.29 is 24.2 Å². The standard InChI is InChI=1S/C19H21NO5/c1-12-4-6-13(7-5-12)8-9-17(21)20-15-10-14(19(22)23)11-16(24-2)18(15)25-3/h4-7,10-11H,8-9H2,1-3H3,(H,20,21)(H,22,23). The predicted octanol–water partition coefficient (Wildman–Crippen LogP) is 3.28. The lowest BCUT2D eigenvalue weighted by Crippen LogP contribution is -2.14. The molecule has 0 aromatic heterocycles. The molecule has 1 amide bonds. The first-order chi connectivity index (χ1) is 11.9. The van der Waals surface area contributed by atoms with Gasteiger partial charge in [-0.1, -0.05) is 29.8 Å². The van der Waals surface area contributed by atoms with Gasteiger partial charge in [-0.25, -0.2) is 4.79 Å². The first kappa shape index (κ1) is 18.3. The highest BCUT2D eigenvalue weighted by Gasteiger charge is 2.17. The number of anilines is 1. The van der Waals surface area contributed by atoms with Crippen molar-refractivity contribution in [1.29, 1.82) is 0 Å². The summed E-state index contributed by atoms with van der Waals surface area (Å²) in [5, 5.41) is 11.9. The van der Waals surface area contributed by atoms with Crippen LogP contribution in [-0.4, -0.2) is 31.2 Å². The van der Waals surface area contributed by atoms with Gasteiger partial charge in [0.25, 0.3) is 0 Å². The molecule has 0 unspecified atom stereocenters. The fourth-order valence-electron chi connectivity index (χ4n) is 2.41. The van der Waals surface area contributed by atoms with Crippen molar-refractivity contribution >= 4 is 17.6 Å². The largest absolute Gasteiger partial charge is 0.493 e. The molecule has 0 aliphatic rings. The highest BCUT2D eigenvalue weighted by atomic mass is 16.5. The molecule has 6 heteroatoms. The fraction of sp³-hybridized carbons (Fsp3) is 0.263. The van der Waals surface area contributed by atoms with Crippen LogP contribution in [0.2, 0.25) is 0 Å². The smallest absolute Gasteiger partial charge is 0.335 e. The first-order valence-electron chi connectivity index (χ1n) is 7.79. The Hall–Kier alpha value is -3.02. The third kappa shape index (κ3) is 4.73. The summed E-state index contributed by atoms with van der Waals surface area (Å²) in [6, 6.07) is 10.7. The monoisotopic (exact) mass is 343 g/mol. The van der Waals surface area contributed by atoms with Gasteiger partial charge < -0.3 is 19.9 Å². The van der Waals surface area contributed by atoms with Gasteiger partial charge in [0.1, 0.15) is 0 Å². The Bertz CT molecular complexity index is 768. The van der Waals surface area contributed by atoms with Gasteiger partial charge >= 0.3 is 5.97 Å². The molecule has 0 aliphatic carbocycles. The lowest BCUT2D eigenvalue weighted by molar-refractivity contribution is -0.116. The molecule has 2 aromatic rings. The number of rotatable bonds is 7. The van der Waals surface area contributed by atoms with Crippen LogP contribution in [0.15, 0.2) is 36.4 Å². The number of carboxylic acid groups (broad SMARTS) is 1. The van der Waals surface area contributed by atoms with Gasteiger partial charge in [0.15, 0.2) is 11.5 Å². The minimum Gasteiger partial charge on any atom is -0.493 e. The molecule has 0 radical (unpaired) electrons. The van der Waals surface area contributed by atoms with E-state index in [1.807, 2.05) is 31.2 Å². The minimum absolute atomic E-state index is 0.00600. The summed E-state index contributed by atoms with van der Waals surface area (Å²) >= 11 is 0. The second-order valence-corrected chi connectivity index (χ2v) is 5.60. The summed E-state index contributed by atoms with van der Waals surface area (Å²) in [4.78, 5) is 23.5. The number of carbonyl (C=O) groups excluding carboxylic acids is 1. The van der Waals surface area contributed by atoms with Gasteiger partial charge in [-0.15, -0.1) is 0 Å². The molecule has 25 heavy (non-hydrogen) atoms. The van der Waals surface area contributed by atoms with E-state index in [-0.39, 0.29) is 35.1 Å². The van der Waals surface area contributed by atoms with E-state index in [9.17, 15) is 14.7 Å². The average Bonchev–Trinajstić information content (AvgIpc) is 2.60. The molecule has 0 bridgehead atoms. The number of amides is 1. The summed E-state index contributed by atoms with van der Waals surface area (Å²) in [5.41, 5.74) is 2.50. The van der Waals surface area contributed by atoms with E-state index in [0.29, 0.717) is 6.42 Å². The molecule has 0 fully saturated rings. The van der Waals surface area contributed by atoms with E-state index in [1.54, 1.807) is 0 Å². The summed E-state index contributed by atoms with van der Waals surface area (Å²) < 4.78 is 10.4. The fourth-order valence-corrected chi connectivity index (χ4v) is 2.41. The number of benzene rings is 2. The maximum absolute atomic E-state index is 12.2. The third-order valence-corrected chi connectivity index (χ3v) is 3.76. The molecule has 2 rings (SSSR count). The Morgan fingerprint density at radius 1 is 1.08 bits per heavy atom. The molecule has 0 saturated carbocycles. The van der Waals surface area contributed by atoms with Crippen LogP contribution in [0.3, 0.4) is 0 Å². The summed E-state index contributed by atoms with van der Waals surface area (Å²) in [6.07, 6.45) is 0.857. The van der Waals surface area contributed by atoms with Crippen LogP contribution in [0.4, 0.5) is 5.69 Å². The average molecular weight is 343 g/mol. The molecule has 132 valence electrons. The van der Waals surface area contributed by atoms with Crippen LogP contribution >= 0.6 is 0 Å². The molecule has 6 nitrogen and oxygen atoms in total. The Balaban J connectivity index is 2.14. The van der Waals surface area contributed by atoms with Gasteiger partial charge in [0.05, 0.1) is 25.5 Å². The second kappa shape index (κ2) is 8.19. The number of hydrogen-bond donors (Lipinski definition) is 2. The van der Waals surface area contributed by atoms with Gasteiger partial charge in [-0.2, -0.15) is 0 Å². The molecular formula is C19H21NO5. The number of nitrogens with one attached hydrogen (secondary N) is 1. The van der Waals surface area contributed by atoms with Gasteiger partial charge in [-0.3, -0.25) is 4.79 Å². The topological polar surface area (TPSA) is 84.9 Å². The number of aromatic carboxylic acids is 1. The molecule has 0 heterocycles. The van der Waals surface area contributed by atoms with Gasteiger partial charge in [0.2, 0.25) is 5.91 Å². The minimum atomic E-state index is -1.11. The van der Waals surface area contributed by atoms with Crippen LogP contribution in [0.5, 0.6) is 11.5 Å². The quantitative estimate of drug-likeness (QED) is 0.806. The van der Waals surface area contributed by atoms with Crippen molar-refractivity contribution in [2.75, 3.05) is 19.5 Å². The maximum atomic E-state index is 12.2. The van der Waals surface area contributed by atoms with Crippen molar-refractivity contribution in [2.45, 2.75) is 19.8 Å². The Labute approximate surface area is 146 Å². The SMILES string of the molecule is COc1cc(C(=O)O)cc(NC(=O)CCc2ccc(C)cc2)c1OC. The third-order valence-electron chi connectivity index (χ3n) is 3.76. The maximum Gasteiger partial charge on any atom is 0.335 e. The lowest BCUT2D eigenvalue weighted by atomic mass is 10.1. The van der Waals surface area contributed by atoms with Crippen molar-refractivity contribution in [1.82, 2.24) is 0 Å². The zero-order chi connectivity index (χ0) is 18.4. The van der Waals surface area contributed by atoms with Crippen LogP contribution in [0, 0.1) is 6.92 Å². The van der Waals surface area contributed by atoms with Crippen molar-refractivity contribution in [3.63, 3.8) is 0 Å². The highest BCUT2D eigenvalue weighted by molar-refractivity contribution is 5.96. The van der Waals surface area contributed by atoms with E-state index in [1.165, 1.54) is 26.4 Å². The zero-order valence-electron chi connectivity index (χ0n) is 14.5. The Morgan fingerprint density at radius 3 is 2.32 bits per heavy atom. The van der Waals surface area contributed by atoms with Crippen LogP contribution in [0.1, 0.15) is 27.9 Å².